The van der Waals surface area contributed by atoms with Gasteiger partial charge in [0.2, 0.25) is 0 Å². The summed E-state index contributed by atoms with van der Waals surface area (Å²) in [4.78, 5) is 12.9. The minimum absolute atomic E-state index is 0.141. The lowest BCUT2D eigenvalue weighted by molar-refractivity contribution is -0.114. The van der Waals surface area contributed by atoms with Crippen LogP contribution in [0.1, 0.15) is 41.5 Å². The lowest BCUT2D eigenvalue weighted by atomic mass is 9.72. The van der Waals surface area contributed by atoms with Gasteiger partial charge in [0.05, 0.1) is 5.69 Å². The van der Waals surface area contributed by atoms with Crippen LogP contribution in [0.25, 0.3) is 0 Å². The van der Waals surface area contributed by atoms with Crippen molar-refractivity contribution in [2.24, 2.45) is 10.8 Å². The van der Waals surface area contributed by atoms with Crippen LogP contribution in [0.15, 0.2) is 59.3 Å². The second kappa shape index (κ2) is 7.09. The molecular weight excluding hydrogens is 332 g/mol. The van der Waals surface area contributed by atoms with Gasteiger partial charge < -0.3 is 10.9 Å². The molecule has 1 aliphatic rings. The molecule has 3 nitrogen and oxygen atoms in total. The number of allylic oxidation sites excluding steroid dienone is 5. The lowest BCUT2D eigenvalue weighted by Crippen LogP contribution is -2.28. The SMILES string of the molecule is CC(C)(C)C1=CC(=CNNc2ccc(Cl)cc2)C=C(C(C)(C)C)C1=O. The van der Waals surface area contributed by atoms with Crippen molar-refractivity contribution < 1.29 is 4.79 Å². The van der Waals surface area contributed by atoms with Gasteiger partial charge in [-0.1, -0.05) is 53.1 Å². The number of hydrazine groups is 1. The first-order valence-corrected chi connectivity index (χ1v) is 8.82. The minimum Gasteiger partial charge on any atom is -0.308 e. The highest BCUT2D eigenvalue weighted by Gasteiger charge is 2.33. The van der Waals surface area contributed by atoms with Gasteiger partial charge in [0.1, 0.15) is 0 Å². The Balaban J connectivity index is 2.26. The lowest BCUT2D eigenvalue weighted by Gasteiger charge is -2.31. The summed E-state index contributed by atoms with van der Waals surface area (Å²) in [7, 11) is 0. The molecule has 0 radical (unpaired) electrons. The number of hydrogen-bond acceptors (Lipinski definition) is 3. The summed E-state index contributed by atoms with van der Waals surface area (Å²) in [6, 6.07) is 7.44. The van der Waals surface area contributed by atoms with Crippen LogP contribution >= 0.6 is 11.6 Å². The number of anilines is 1. The van der Waals surface area contributed by atoms with Gasteiger partial charge in [0.15, 0.2) is 5.78 Å². The second-order valence-corrected chi connectivity index (χ2v) is 8.80. The molecule has 0 heterocycles. The molecule has 0 atom stereocenters. The molecule has 0 spiro atoms. The molecule has 1 aromatic rings. The maximum atomic E-state index is 12.9. The normalized spacial score (nSPS) is 15.5. The Morgan fingerprint density at radius 3 is 1.80 bits per heavy atom. The molecule has 0 aromatic heterocycles. The van der Waals surface area contributed by atoms with Gasteiger partial charge in [-0.25, -0.2) is 0 Å². The zero-order valence-corrected chi connectivity index (χ0v) is 16.6. The maximum absolute atomic E-state index is 12.9. The molecule has 2 rings (SSSR count). The van der Waals surface area contributed by atoms with E-state index in [2.05, 4.69) is 52.4 Å². The molecule has 1 aromatic carbocycles. The van der Waals surface area contributed by atoms with Crippen molar-refractivity contribution in [3.63, 3.8) is 0 Å². The van der Waals surface area contributed by atoms with Crippen molar-refractivity contribution in [2.45, 2.75) is 41.5 Å². The van der Waals surface area contributed by atoms with E-state index in [0.717, 1.165) is 22.4 Å². The highest BCUT2D eigenvalue weighted by Crippen LogP contribution is 2.38. The van der Waals surface area contributed by atoms with Gasteiger partial charge in [-0.05, 0) is 52.8 Å². The predicted octanol–water partition coefficient (Wildman–Crippen LogP) is 5.67. The van der Waals surface area contributed by atoms with Crippen LogP contribution in [0.5, 0.6) is 0 Å². The van der Waals surface area contributed by atoms with E-state index in [1.165, 1.54) is 0 Å². The van der Waals surface area contributed by atoms with Crippen LogP contribution in [-0.2, 0) is 4.79 Å². The van der Waals surface area contributed by atoms with Crippen molar-refractivity contribution in [1.29, 1.82) is 0 Å². The van der Waals surface area contributed by atoms with Gasteiger partial charge in [0, 0.05) is 22.4 Å². The van der Waals surface area contributed by atoms with E-state index >= 15 is 0 Å². The first kappa shape index (κ1) is 19.3. The topological polar surface area (TPSA) is 41.1 Å². The van der Waals surface area contributed by atoms with Crippen molar-refractivity contribution in [3.8, 4) is 0 Å². The average Bonchev–Trinajstić information content (AvgIpc) is 2.48. The number of halogens is 1. The standard InChI is InChI=1S/C21H27ClN2O/c1-20(2,3)17-11-14(12-18(19(17)25)21(4,5)6)13-23-24-16-9-7-15(22)8-10-16/h7-13,23-24H,1-6H3. The van der Waals surface area contributed by atoms with E-state index in [9.17, 15) is 4.79 Å². The molecule has 0 saturated heterocycles. The molecule has 134 valence electrons. The second-order valence-electron chi connectivity index (χ2n) is 8.37. The van der Waals surface area contributed by atoms with Crippen molar-refractivity contribution in [2.75, 3.05) is 5.43 Å². The minimum atomic E-state index is -0.204. The molecule has 0 unspecified atom stereocenters. The van der Waals surface area contributed by atoms with Crippen LogP contribution in [0.3, 0.4) is 0 Å². The molecule has 0 saturated carbocycles. The highest BCUT2D eigenvalue weighted by molar-refractivity contribution is 6.30. The van der Waals surface area contributed by atoms with E-state index in [1.807, 2.05) is 42.6 Å². The monoisotopic (exact) mass is 358 g/mol. The summed E-state index contributed by atoms with van der Waals surface area (Å²) < 4.78 is 0. The summed E-state index contributed by atoms with van der Waals surface area (Å²) in [5.41, 5.74) is 9.34. The molecule has 0 aliphatic heterocycles. The molecule has 0 bridgehead atoms. The molecule has 0 amide bonds. The fraction of sp³-hybridized carbons (Fsp3) is 0.381. The number of ketones is 1. The fourth-order valence-corrected chi connectivity index (χ4v) is 2.71. The highest BCUT2D eigenvalue weighted by atomic mass is 35.5. The Morgan fingerprint density at radius 1 is 0.880 bits per heavy atom. The van der Waals surface area contributed by atoms with Crippen molar-refractivity contribution in [3.05, 3.63) is 64.4 Å². The predicted molar refractivity (Wildman–Crippen MR) is 106 cm³/mol. The molecule has 25 heavy (non-hydrogen) atoms. The maximum Gasteiger partial charge on any atom is 0.186 e. The first-order chi connectivity index (χ1) is 11.5. The Kier molecular flexibility index (Phi) is 5.48. The summed E-state index contributed by atoms with van der Waals surface area (Å²) in [5.74, 6) is 0.141. The average molecular weight is 359 g/mol. The summed E-state index contributed by atoms with van der Waals surface area (Å²) in [6.07, 6.45) is 5.81. The van der Waals surface area contributed by atoms with Gasteiger partial charge in [0.25, 0.3) is 0 Å². The number of nitrogens with one attached hydrogen (secondary N) is 2. The Labute approximate surface area is 155 Å². The fourth-order valence-electron chi connectivity index (χ4n) is 2.58. The molecule has 1 aliphatic carbocycles. The van der Waals surface area contributed by atoms with Crippen molar-refractivity contribution in [1.82, 2.24) is 5.43 Å². The van der Waals surface area contributed by atoms with Gasteiger partial charge in [-0.2, -0.15) is 0 Å². The Hall–Kier alpha value is -2.00. The van der Waals surface area contributed by atoms with E-state index in [1.54, 1.807) is 0 Å². The Bertz CT molecular complexity index is 706. The van der Waals surface area contributed by atoms with Crippen LogP contribution < -0.4 is 10.9 Å². The van der Waals surface area contributed by atoms with Crippen LogP contribution in [0.2, 0.25) is 5.02 Å². The van der Waals surface area contributed by atoms with Gasteiger partial charge >= 0.3 is 0 Å². The Morgan fingerprint density at radius 2 is 1.36 bits per heavy atom. The van der Waals surface area contributed by atoms with Crippen LogP contribution in [-0.4, -0.2) is 5.78 Å². The van der Waals surface area contributed by atoms with Gasteiger partial charge in [-0.3, -0.25) is 4.79 Å². The third-order valence-electron chi connectivity index (χ3n) is 4.03. The number of carbonyl (C=O) groups excluding carboxylic acids is 1. The number of benzene rings is 1. The molecule has 4 heteroatoms. The third-order valence-corrected chi connectivity index (χ3v) is 4.28. The quantitative estimate of drug-likeness (QED) is 0.684. The van der Waals surface area contributed by atoms with E-state index < -0.39 is 0 Å². The number of rotatable bonds is 3. The smallest absolute Gasteiger partial charge is 0.186 e. The number of Topliss-reactive ketones (excluding diaryl/α,β-unsaturated/α-hetero) is 1. The molecule has 2 N–H and O–H groups in total. The zero-order valence-electron chi connectivity index (χ0n) is 15.8. The van der Waals surface area contributed by atoms with Gasteiger partial charge in [-0.15, -0.1) is 0 Å². The summed E-state index contributed by atoms with van der Waals surface area (Å²) >= 11 is 5.89. The molecule has 0 fully saturated rings. The zero-order chi connectivity index (χ0) is 18.8. The third kappa shape index (κ3) is 4.99. The summed E-state index contributed by atoms with van der Waals surface area (Å²) in [5, 5.41) is 0.699. The van der Waals surface area contributed by atoms with Crippen molar-refractivity contribution >= 4 is 23.1 Å². The number of hydrogen-bond donors (Lipinski definition) is 2. The van der Waals surface area contributed by atoms with Crippen LogP contribution in [0.4, 0.5) is 5.69 Å². The largest absolute Gasteiger partial charge is 0.308 e. The first-order valence-electron chi connectivity index (χ1n) is 8.45. The summed E-state index contributed by atoms with van der Waals surface area (Å²) in [6.45, 7) is 12.4. The van der Waals surface area contributed by atoms with Crippen LogP contribution in [0, 0.1) is 10.8 Å². The van der Waals surface area contributed by atoms with E-state index in [0.29, 0.717) is 5.02 Å². The van der Waals surface area contributed by atoms with E-state index in [-0.39, 0.29) is 16.6 Å². The number of carbonyl (C=O) groups is 1. The van der Waals surface area contributed by atoms with E-state index in [4.69, 9.17) is 11.6 Å². The molecular formula is C21H27ClN2O.